The molecule has 3 atom stereocenters. The van der Waals surface area contributed by atoms with Crippen LogP contribution in [0.4, 0.5) is 4.39 Å². The van der Waals surface area contributed by atoms with Crippen molar-refractivity contribution in [3.05, 3.63) is 60.2 Å². The molecule has 1 aromatic heterocycles. The van der Waals surface area contributed by atoms with Crippen molar-refractivity contribution in [2.45, 2.75) is 12.6 Å². The molecule has 0 radical (unpaired) electrons. The summed E-state index contributed by atoms with van der Waals surface area (Å²) in [5.41, 5.74) is 1.22. The van der Waals surface area contributed by atoms with Gasteiger partial charge >= 0.3 is 0 Å². The van der Waals surface area contributed by atoms with Crippen LogP contribution in [0.1, 0.15) is 5.56 Å². The van der Waals surface area contributed by atoms with Crippen molar-refractivity contribution in [1.29, 1.82) is 0 Å². The fourth-order valence-electron chi connectivity index (χ4n) is 3.69. The van der Waals surface area contributed by atoms with E-state index in [2.05, 4.69) is 16.0 Å². The van der Waals surface area contributed by atoms with E-state index in [1.807, 2.05) is 12.3 Å². The number of hydrogen-bond acceptors (Lipinski definition) is 4. The molecule has 126 valence electrons. The number of likely N-dealkylation sites (tertiary alicyclic amines) is 1. The number of nitrogens with zero attached hydrogens (tertiary/aromatic N) is 2. The zero-order valence-electron chi connectivity index (χ0n) is 13.5. The number of pyridine rings is 1. The number of hydrogen-bond donors (Lipinski definition) is 0. The van der Waals surface area contributed by atoms with Gasteiger partial charge in [0.2, 0.25) is 0 Å². The number of benzene rings is 1. The van der Waals surface area contributed by atoms with Crippen LogP contribution in [0, 0.1) is 17.7 Å². The third-order valence-electron chi connectivity index (χ3n) is 4.93. The highest BCUT2D eigenvalue weighted by atomic mass is 19.1. The zero-order chi connectivity index (χ0) is 16.4. The van der Waals surface area contributed by atoms with Gasteiger partial charge in [-0.3, -0.25) is 9.88 Å². The third-order valence-corrected chi connectivity index (χ3v) is 4.93. The molecule has 0 spiro atoms. The Labute approximate surface area is 141 Å². The van der Waals surface area contributed by atoms with Crippen LogP contribution >= 0.6 is 0 Å². The molecule has 2 aliphatic rings. The van der Waals surface area contributed by atoms with Crippen molar-refractivity contribution in [2.24, 2.45) is 11.8 Å². The molecule has 0 aliphatic carbocycles. The second kappa shape index (κ2) is 6.87. The van der Waals surface area contributed by atoms with Crippen molar-refractivity contribution < 1.29 is 13.9 Å². The quantitative estimate of drug-likeness (QED) is 0.845. The van der Waals surface area contributed by atoms with Crippen molar-refractivity contribution in [1.82, 2.24) is 9.88 Å². The Kier molecular flexibility index (Phi) is 4.45. The molecule has 0 unspecified atom stereocenters. The lowest BCUT2D eigenvalue weighted by Gasteiger charge is -2.20. The summed E-state index contributed by atoms with van der Waals surface area (Å²) in [7, 11) is 0. The number of ether oxygens (including phenoxy) is 2. The lowest BCUT2D eigenvalue weighted by molar-refractivity contribution is 0.0895. The average Bonchev–Trinajstić information content (AvgIpc) is 3.16. The van der Waals surface area contributed by atoms with Gasteiger partial charge in [-0.1, -0.05) is 18.2 Å². The Morgan fingerprint density at radius 1 is 1.21 bits per heavy atom. The molecule has 5 heteroatoms. The van der Waals surface area contributed by atoms with Crippen molar-refractivity contribution in [3.63, 3.8) is 0 Å². The molecule has 0 saturated carbocycles. The summed E-state index contributed by atoms with van der Waals surface area (Å²) in [6, 6.07) is 10.6. The van der Waals surface area contributed by atoms with Crippen LogP contribution in [-0.2, 0) is 11.3 Å². The fourth-order valence-corrected chi connectivity index (χ4v) is 3.69. The van der Waals surface area contributed by atoms with Crippen LogP contribution in [-0.4, -0.2) is 42.3 Å². The van der Waals surface area contributed by atoms with E-state index < -0.39 is 0 Å². The van der Waals surface area contributed by atoms with Gasteiger partial charge in [0.15, 0.2) is 11.6 Å². The molecular weight excluding hydrogens is 307 g/mol. The Morgan fingerprint density at radius 3 is 2.96 bits per heavy atom. The van der Waals surface area contributed by atoms with Gasteiger partial charge in [-0.15, -0.1) is 0 Å². The summed E-state index contributed by atoms with van der Waals surface area (Å²) in [6.45, 7) is 4.03. The maximum atomic E-state index is 13.7. The lowest BCUT2D eigenvalue weighted by atomic mass is 9.94. The minimum atomic E-state index is -0.308. The molecule has 1 aromatic carbocycles. The van der Waals surface area contributed by atoms with Crippen LogP contribution in [0.25, 0.3) is 0 Å². The first-order valence-electron chi connectivity index (χ1n) is 8.40. The zero-order valence-corrected chi connectivity index (χ0v) is 13.5. The number of halogens is 1. The average molecular weight is 328 g/mol. The second-order valence-electron chi connectivity index (χ2n) is 6.59. The summed E-state index contributed by atoms with van der Waals surface area (Å²) in [4.78, 5) is 6.58. The number of aromatic nitrogens is 1. The molecule has 2 aliphatic heterocycles. The molecule has 0 N–H and O–H groups in total. The smallest absolute Gasteiger partial charge is 0.165 e. The SMILES string of the molecule is Fc1ccccc1OC[C@@H]1CO[C@@H]2CN(Cc3cccnc3)C[C@H]12. The Hall–Kier alpha value is -1.98. The molecule has 2 saturated heterocycles. The van der Waals surface area contributed by atoms with Crippen molar-refractivity contribution in [2.75, 3.05) is 26.3 Å². The number of rotatable bonds is 5. The van der Waals surface area contributed by atoms with Gasteiger partial charge in [-0.2, -0.15) is 0 Å². The molecule has 2 fully saturated rings. The molecule has 3 heterocycles. The van der Waals surface area contributed by atoms with Gasteiger partial charge in [0.05, 0.1) is 19.3 Å². The van der Waals surface area contributed by atoms with Crippen LogP contribution in [0.3, 0.4) is 0 Å². The topological polar surface area (TPSA) is 34.6 Å². The normalized spacial score (nSPS) is 26.5. The summed E-state index contributed by atoms with van der Waals surface area (Å²) in [6.07, 6.45) is 3.96. The van der Waals surface area contributed by atoms with Crippen LogP contribution in [0.15, 0.2) is 48.8 Å². The number of fused-ring (bicyclic) bond motifs is 1. The van der Waals surface area contributed by atoms with E-state index in [0.29, 0.717) is 30.8 Å². The highest BCUT2D eigenvalue weighted by Gasteiger charge is 2.44. The van der Waals surface area contributed by atoms with Gasteiger partial charge in [-0.05, 0) is 23.8 Å². The van der Waals surface area contributed by atoms with Gasteiger partial charge in [0.25, 0.3) is 0 Å². The van der Waals surface area contributed by atoms with E-state index in [1.54, 1.807) is 24.4 Å². The van der Waals surface area contributed by atoms with Gasteiger partial charge < -0.3 is 9.47 Å². The van der Waals surface area contributed by atoms with Crippen molar-refractivity contribution in [3.8, 4) is 5.75 Å². The van der Waals surface area contributed by atoms with Gasteiger partial charge in [0, 0.05) is 43.9 Å². The first-order chi connectivity index (χ1) is 11.8. The Balaban J connectivity index is 1.34. The Bertz CT molecular complexity index is 682. The molecule has 0 bridgehead atoms. The van der Waals surface area contributed by atoms with Gasteiger partial charge in [-0.25, -0.2) is 4.39 Å². The molecule has 0 amide bonds. The van der Waals surface area contributed by atoms with E-state index in [-0.39, 0.29) is 11.9 Å². The highest BCUT2D eigenvalue weighted by molar-refractivity contribution is 5.23. The largest absolute Gasteiger partial charge is 0.490 e. The molecule has 4 rings (SSSR count). The summed E-state index contributed by atoms with van der Waals surface area (Å²) in [5.74, 6) is 0.783. The second-order valence-corrected chi connectivity index (χ2v) is 6.59. The standard InChI is InChI=1S/C19H21FN2O2/c20-17-5-1-2-6-18(17)23-12-15-13-24-19-11-22(10-16(15)19)9-14-4-3-7-21-8-14/h1-8,15-16,19H,9-13H2/t15-,16-,19-/m1/s1. The first-order valence-corrected chi connectivity index (χ1v) is 8.40. The third kappa shape index (κ3) is 3.28. The molecule has 2 aromatic rings. The predicted octanol–water partition coefficient (Wildman–Crippen LogP) is 2.75. The first kappa shape index (κ1) is 15.5. The lowest BCUT2D eigenvalue weighted by Crippen LogP contribution is -2.26. The van der Waals surface area contributed by atoms with E-state index in [0.717, 1.165) is 19.6 Å². The van der Waals surface area contributed by atoms with Gasteiger partial charge in [0.1, 0.15) is 0 Å². The van der Waals surface area contributed by atoms with Crippen LogP contribution in [0.5, 0.6) is 5.75 Å². The van der Waals surface area contributed by atoms with E-state index >= 15 is 0 Å². The maximum absolute atomic E-state index is 13.7. The summed E-state index contributed by atoms with van der Waals surface area (Å²) in [5, 5.41) is 0. The highest BCUT2D eigenvalue weighted by Crippen LogP contribution is 2.34. The monoisotopic (exact) mass is 328 g/mol. The Morgan fingerprint density at radius 2 is 2.12 bits per heavy atom. The number of para-hydroxylation sites is 1. The molecule has 4 nitrogen and oxygen atoms in total. The van der Waals surface area contributed by atoms with E-state index in [1.165, 1.54) is 11.6 Å². The van der Waals surface area contributed by atoms with Crippen LogP contribution in [0.2, 0.25) is 0 Å². The minimum Gasteiger partial charge on any atom is -0.490 e. The molecular formula is C19H21FN2O2. The van der Waals surface area contributed by atoms with E-state index in [9.17, 15) is 4.39 Å². The summed E-state index contributed by atoms with van der Waals surface area (Å²) >= 11 is 0. The maximum Gasteiger partial charge on any atom is 0.165 e. The predicted molar refractivity (Wildman–Crippen MR) is 88.1 cm³/mol. The van der Waals surface area contributed by atoms with Crippen LogP contribution < -0.4 is 4.74 Å². The fraction of sp³-hybridized carbons (Fsp3) is 0.421. The summed E-state index contributed by atoms with van der Waals surface area (Å²) < 4.78 is 25.3. The van der Waals surface area contributed by atoms with Crippen molar-refractivity contribution >= 4 is 0 Å². The molecule has 24 heavy (non-hydrogen) atoms. The van der Waals surface area contributed by atoms with E-state index in [4.69, 9.17) is 9.47 Å². The minimum absolute atomic E-state index is 0.260.